The van der Waals surface area contributed by atoms with Crippen molar-refractivity contribution in [2.24, 2.45) is 46.3 Å². The van der Waals surface area contributed by atoms with Gasteiger partial charge < -0.3 is 9.84 Å². The molecule has 4 aromatic carbocycles. The standard InChI is InChI=1S/C25H16NO.C23H32O2.Ir/c1-2-7-18(8-3-1)20-11-6-12-23(16-20)27-25-24-17-21-10-5-4-9-19(21)15-22(24)13-14-26-25;24-20(22-8-14-1-15(9-22)3-16(2-14)10-22)7-21(25)23-11-17-4-18(12-23)6-19(5-17)13-23;/h1-11,13-17H;7,14-19,24H,1-6,8-13H2;/q-1;;/b;20-7-;. The van der Waals surface area contributed by atoms with Gasteiger partial charge in [-0.25, -0.2) is 4.98 Å². The number of hydrogen-bond donors (Lipinski definition) is 1. The Morgan fingerprint density at radius 3 is 1.81 bits per heavy atom. The zero-order chi connectivity index (χ0) is 34.9. The van der Waals surface area contributed by atoms with Crippen LogP contribution in [0.4, 0.5) is 0 Å². The molecule has 0 aliphatic heterocycles. The van der Waals surface area contributed by atoms with Gasteiger partial charge in [0.15, 0.2) is 5.78 Å². The molecule has 8 bridgehead atoms. The van der Waals surface area contributed by atoms with Crippen LogP contribution in [0.25, 0.3) is 32.7 Å². The minimum absolute atomic E-state index is 0. The van der Waals surface area contributed by atoms with E-state index in [1.807, 2.05) is 48.5 Å². The topological polar surface area (TPSA) is 59.4 Å². The minimum atomic E-state index is -0.0922. The molecule has 53 heavy (non-hydrogen) atoms. The normalized spacial score (nSPS) is 31.9. The van der Waals surface area contributed by atoms with Gasteiger partial charge in [-0.2, -0.15) is 12.1 Å². The molecule has 8 saturated carbocycles. The smallest absolute Gasteiger partial charge is 0.224 e. The number of aliphatic hydroxyl groups is 1. The molecule has 1 heterocycles. The van der Waals surface area contributed by atoms with Crippen molar-refractivity contribution in [1.29, 1.82) is 0 Å². The molecule has 0 amide bonds. The first-order valence-corrected chi connectivity index (χ1v) is 19.9. The number of aliphatic hydroxyl groups excluding tert-OH is 1. The first-order chi connectivity index (χ1) is 25.4. The van der Waals surface area contributed by atoms with E-state index >= 15 is 0 Å². The average Bonchev–Trinajstić information content (AvgIpc) is 3.14. The SMILES string of the molecule is O=C(/C=C(\O)C12CC3CC(CC(C3)C1)C2)C12CC3CC(CC(C3)C1)C2.[Ir].[c-]1ccc(-c2ccccc2)cc1Oc1nccc2cc3ccccc3cc12. The van der Waals surface area contributed by atoms with Gasteiger partial charge in [0.05, 0.1) is 0 Å². The molecule has 8 fully saturated rings. The van der Waals surface area contributed by atoms with Gasteiger partial charge in [-0.3, -0.25) is 4.79 Å². The Balaban J connectivity index is 0.000000138. The zero-order valence-electron chi connectivity index (χ0n) is 30.3. The monoisotopic (exact) mass is 879 g/mol. The molecule has 0 atom stereocenters. The zero-order valence-corrected chi connectivity index (χ0v) is 32.7. The molecule has 8 aliphatic rings. The summed E-state index contributed by atoms with van der Waals surface area (Å²) in [5.41, 5.74) is 2.13. The van der Waals surface area contributed by atoms with E-state index in [0.29, 0.717) is 23.2 Å². The molecule has 8 aliphatic carbocycles. The summed E-state index contributed by atoms with van der Waals surface area (Å²) in [6, 6.07) is 34.0. The average molecular weight is 879 g/mol. The molecule has 4 nitrogen and oxygen atoms in total. The van der Waals surface area contributed by atoms with Crippen LogP contribution < -0.4 is 4.74 Å². The van der Waals surface area contributed by atoms with Crippen molar-refractivity contribution in [3.05, 3.63) is 115 Å². The fourth-order valence-electron chi connectivity index (χ4n) is 12.6. The quantitative estimate of drug-likeness (QED) is 0.0799. The Hall–Kier alpha value is -3.79. The van der Waals surface area contributed by atoms with Gasteiger partial charge in [-0.15, -0.1) is 17.7 Å². The molecule has 1 radical (unpaired) electrons. The first-order valence-electron chi connectivity index (χ1n) is 19.9. The molecule has 13 rings (SSSR count). The first kappa shape index (κ1) is 34.9. The van der Waals surface area contributed by atoms with Crippen LogP contribution in [-0.2, 0) is 24.9 Å². The van der Waals surface area contributed by atoms with Crippen molar-refractivity contribution >= 4 is 27.3 Å². The van der Waals surface area contributed by atoms with Crippen molar-refractivity contribution in [1.82, 2.24) is 4.98 Å². The van der Waals surface area contributed by atoms with Crippen molar-refractivity contribution in [2.45, 2.75) is 77.0 Å². The Morgan fingerprint density at radius 1 is 0.660 bits per heavy atom. The van der Waals surface area contributed by atoms with Crippen molar-refractivity contribution in [2.75, 3.05) is 0 Å². The van der Waals surface area contributed by atoms with Crippen LogP contribution in [0.5, 0.6) is 11.6 Å². The molecular formula is C48H48IrNO3-. The molecule has 0 spiro atoms. The van der Waals surface area contributed by atoms with E-state index < -0.39 is 0 Å². The number of ketones is 1. The molecule has 5 heteroatoms. The number of ether oxygens (including phenoxy) is 1. The van der Waals surface area contributed by atoms with E-state index in [1.54, 1.807) is 12.3 Å². The Morgan fingerprint density at radius 2 is 1.21 bits per heavy atom. The van der Waals surface area contributed by atoms with Crippen molar-refractivity contribution in [3.63, 3.8) is 0 Å². The van der Waals surface area contributed by atoms with Gasteiger partial charge in [0, 0.05) is 54.3 Å². The predicted molar refractivity (Wildman–Crippen MR) is 207 cm³/mol. The van der Waals surface area contributed by atoms with E-state index in [4.69, 9.17) is 4.74 Å². The molecular weight excluding hydrogens is 831 g/mol. The van der Waals surface area contributed by atoms with Crippen LogP contribution >= 0.6 is 0 Å². The number of carbonyl (C=O) groups excluding carboxylic acids is 1. The summed E-state index contributed by atoms with van der Waals surface area (Å²) >= 11 is 0. The summed E-state index contributed by atoms with van der Waals surface area (Å²) in [7, 11) is 0. The van der Waals surface area contributed by atoms with E-state index in [9.17, 15) is 9.90 Å². The second-order valence-corrected chi connectivity index (χ2v) is 17.7. The fraction of sp³-hybridized carbons (Fsp3) is 0.417. The van der Waals surface area contributed by atoms with Gasteiger partial charge in [-0.1, -0.05) is 54.6 Å². The number of aromatic nitrogens is 1. The van der Waals surface area contributed by atoms with Crippen LogP contribution in [0, 0.1) is 52.4 Å². The minimum Gasteiger partial charge on any atom is -0.512 e. The summed E-state index contributed by atoms with van der Waals surface area (Å²) in [5, 5.41) is 15.6. The number of hydrogen-bond acceptors (Lipinski definition) is 4. The Labute approximate surface area is 326 Å². The van der Waals surface area contributed by atoms with Crippen molar-refractivity contribution in [3.8, 4) is 22.8 Å². The number of nitrogens with zero attached hydrogens (tertiary/aromatic N) is 1. The number of allylic oxidation sites excluding steroid dienone is 2. The van der Waals surface area contributed by atoms with Crippen LogP contribution in [0.1, 0.15) is 77.0 Å². The van der Waals surface area contributed by atoms with Crippen LogP contribution in [0.3, 0.4) is 0 Å². The van der Waals surface area contributed by atoms with Crippen LogP contribution in [0.2, 0.25) is 0 Å². The fourth-order valence-corrected chi connectivity index (χ4v) is 12.6. The van der Waals surface area contributed by atoms with Gasteiger partial charge in [0.2, 0.25) is 5.88 Å². The third kappa shape index (κ3) is 6.57. The van der Waals surface area contributed by atoms with E-state index in [0.717, 1.165) is 95.9 Å². The number of fused-ring (bicyclic) bond motifs is 2. The Bertz CT molecular complexity index is 2120. The second-order valence-electron chi connectivity index (χ2n) is 17.7. The van der Waals surface area contributed by atoms with E-state index in [2.05, 4.69) is 53.5 Å². The molecule has 0 unspecified atom stereocenters. The molecule has 5 aromatic rings. The van der Waals surface area contributed by atoms with Crippen LogP contribution in [0.15, 0.2) is 109 Å². The van der Waals surface area contributed by atoms with Gasteiger partial charge in [0.1, 0.15) is 5.76 Å². The number of carbonyl (C=O) groups is 1. The summed E-state index contributed by atoms with van der Waals surface area (Å²) in [6.45, 7) is 0. The summed E-state index contributed by atoms with van der Waals surface area (Å²) < 4.78 is 6.14. The maximum Gasteiger partial charge on any atom is 0.224 e. The van der Waals surface area contributed by atoms with Gasteiger partial charge in [-0.05, 0) is 152 Å². The molecule has 1 N–H and O–H groups in total. The summed E-state index contributed by atoms with van der Waals surface area (Å²) in [5.74, 6) is 6.89. The number of benzene rings is 4. The third-order valence-corrected chi connectivity index (χ3v) is 14.1. The molecule has 0 saturated heterocycles. The van der Waals surface area contributed by atoms with E-state index in [-0.39, 0.29) is 30.9 Å². The number of pyridine rings is 1. The van der Waals surface area contributed by atoms with Gasteiger partial charge >= 0.3 is 0 Å². The Kier molecular flexibility index (Phi) is 9.10. The van der Waals surface area contributed by atoms with Gasteiger partial charge in [0.25, 0.3) is 0 Å². The second kappa shape index (κ2) is 13.8. The molecule has 273 valence electrons. The maximum absolute atomic E-state index is 13.4. The summed E-state index contributed by atoms with van der Waals surface area (Å²) in [4.78, 5) is 17.8. The predicted octanol–water partition coefficient (Wildman–Crippen LogP) is 12.1. The summed E-state index contributed by atoms with van der Waals surface area (Å²) in [6.07, 6.45) is 18.6. The molecule has 1 aromatic heterocycles. The largest absolute Gasteiger partial charge is 0.512 e. The third-order valence-electron chi connectivity index (χ3n) is 14.1. The number of rotatable bonds is 6. The maximum atomic E-state index is 13.4. The van der Waals surface area contributed by atoms with Crippen LogP contribution in [-0.4, -0.2) is 15.9 Å². The van der Waals surface area contributed by atoms with E-state index in [1.165, 1.54) is 49.3 Å². The van der Waals surface area contributed by atoms with Crippen molar-refractivity contribution < 1.29 is 34.7 Å².